The molecule has 0 bridgehead atoms. The summed E-state index contributed by atoms with van der Waals surface area (Å²) in [6.07, 6.45) is 3.83. The number of urea groups is 1. The Bertz CT molecular complexity index is 913. The first-order valence-corrected chi connectivity index (χ1v) is 11.5. The number of amides is 4. The first-order chi connectivity index (χ1) is 15.5. The minimum atomic E-state index is -0.810. The van der Waals surface area contributed by atoms with Gasteiger partial charge in [-0.2, -0.15) is 0 Å². The Kier molecular flexibility index (Phi) is 6.58. The van der Waals surface area contributed by atoms with Gasteiger partial charge in [-0.15, -0.1) is 0 Å². The number of hydrogen-bond acceptors (Lipinski definition) is 3. The highest BCUT2D eigenvalue weighted by Gasteiger charge is 2.52. The van der Waals surface area contributed by atoms with Crippen molar-refractivity contribution in [2.45, 2.75) is 50.5 Å². The average Bonchev–Trinajstić information content (AvgIpc) is 3.04. The van der Waals surface area contributed by atoms with Gasteiger partial charge in [-0.3, -0.25) is 14.5 Å². The van der Waals surface area contributed by atoms with Gasteiger partial charge in [0.25, 0.3) is 5.91 Å². The van der Waals surface area contributed by atoms with E-state index < -0.39 is 11.6 Å². The lowest BCUT2D eigenvalue weighted by Crippen LogP contribution is -2.50. The third-order valence-electron chi connectivity index (χ3n) is 6.83. The molecule has 1 spiro atoms. The molecular formula is C26H31N3O3. The van der Waals surface area contributed by atoms with Crippen LogP contribution in [0.15, 0.2) is 60.7 Å². The van der Waals surface area contributed by atoms with E-state index in [0.717, 1.165) is 24.2 Å². The van der Waals surface area contributed by atoms with E-state index in [9.17, 15) is 14.4 Å². The van der Waals surface area contributed by atoms with Crippen molar-refractivity contribution < 1.29 is 14.4 Å². The smallest absolute Gasteiger partial charge is 0.325 e. The SMILES string of the molecule is CC1CCC2(CC1)NC(=O)N(CC(=O)NCCC(c1ccccc1)c1ccccc1)C2=O. The number of hydrogen-bond donors (Lipinski definition) is 2. The molecule has 2 N–H and O–H groups in total. The van der Waals surface area contributed by atoms with Gasteiger partial charge in [0, 0.05) is 12.5 Å². The second-order valence-electron chi connectivity index (χ2n) is 9.10. The van der Waals surface area contributed by atoms with Crippen LogP contribution in [0, 0.1) is 5.92 Å². The van der Waals surface area contributed by atoms with Gasteiger partial charge in [-0.1, -0.05) is 67.6 Å². The molecule has 2 aromatic carbocycles. The molecule has 0 unspecified atom stereocenters. The van der Waals surface area contributed by atoms with Crippen molar-refractivity contribution in [1.82, 2.24) is 15.5 Å². The predicted molar refractivity (Wildman–Crippen MR) is 123 cm³/mol. The summed E-state index contributed by atoms with van der Waals surface area (Å²) in [6, 6.07) is 20.0. The topological polar surface area (TPSA) is 78.5 Å². The van der Waals surface area contributed by atoms with Crippen LogP contribution in [0.3, 0.4) is 0 Å². The highest BCUT2D eigenvalue weighted by Crippen LogP contribution is 2.36. The van der Waals surface area contributed by atoms with Crippen molar-refractivity contribution in [3.8, 4) is 0 Å². The lowest BCUT2D eigenvalue weighted by Gasteiger charge is -2.33. The van der Waals surface area contributed by atoms with Gasteiger partial charge >= 0.3 is 6.03 Å². The summed E-state index contributed by atoms with van der Waals surface area (Å²) in [4.78, 5) is 39.1. The van der Waals surface area contributed by atoms with Crippen molar-refractivity contribution in [2.75, 3.05) is 13.1 Å². The number of carbonyl (C=O) groups is 3. The van der Waals surface area contributed by atoms with Crippen LogP contribution in [0.25, 0.3) is 0 Å². The molecule has 2 aliphatic rings. The third-order valence-corrected chi connectivity index (χ3v) is 6.83. The lowest BCUT2D eigenvalue weighted by atomic mass is 9.77. The number of nitrogens with one attached hydrogen (secondary N) is 2. The zero-order chi connectivity index (χ0) is 22.6. The number of nitrogens with zero attached hydrogens (tertiary/aromatic N) is 1. The first-order valence-electron chi connectivity index (χ1n) is 11.5. The molecule has 0 atom stereocenters. The Labute approximate surface area is 189 Å². The van der Waals surface area contributed by atoms with Crippen LogP contribution in [-0.4, -0.2) is 41.4 Å². The van der Waals surface area contributed by atoms with E-state index in [0.29, 0.717) is 25.3 Å². The number of benzene rings is 2. The highest BCUT2D eigenvalue weighted by molar-refractivity contribution is 6.09. The van der Waals surface area contributed by atoms with Crippen LogP contribution < -0.4 is 10.6 Å². The fourth-order valence-electron chi connectivity index (χ4n) is 4.87. The normalized spacial score (nSPS) is 22.9. The Morgan fingerprint density at radius 3 is 2.16 bits per heavy atom. The predicted octanol–water partition coefficient (Wildman–Crippen LogP) is 3.83. The first kappa shape index (κ1) is 22.1. The second kappa shape index (κ2) is 9.55. The summed E-state index contributed by atoms with van der Waals surface area (Å²) in [6.45, 7) is 2.39. The highest BCUT2D eigenvalue weighted by atomic mass is 16.2. The summed E-state index contributed by atoms with van der Waals surface area (Å²) in [7, 11) is 0. The lowest BCUT2D eigenvalue weighted by molar-refractivity contribution is -0.136. The third kappa shape index (κ3) is 4.69. The fraction of sp³-hybridized carbons (Fsp3) is 0.423. The maximum atomic E-state index is 12.9. The van der Waals surface area contributed by atoms with Crippen molar-refractivity contribution in [1.29, 1.82) is 0 Å². The molecule has 4 amide bonds. The second-order valence-corrected chi connectivity index (χ2v) is 9.10. The van der Waals surface area contributed by atoms with Gasteiger partial charge in [0.05, 0.1) is 0 Å². The summed E-state index contributed by atoms with van der Waals surface area (Å²) in [5, 5.41) is 5.78. The number of rotatable bonds is 7. The van der Waals surface area contributed by atoms with Gasteiger partial charge in [-0.25, -0.2) is 4.79 Å². The Morgan fingerprint density at radius 1 is 1.03 bits per heavy atom. The molecule has 1 saturated carbocycles. The number of imide groups is 1. The van der Waals surface area contributed by atoms with E-state index >= 15 is 0 Å². The molecule has 32 heavy (non-hydrogen) atoms. The van der Waals surface area contributed by atoms with E-state index in [1.807, 2.05) is 36.4 Å². The average molecular weight is 434 g/mol. The Morgan fingerprint density at radius 2 is 1.59 bits per heavy atom. The van der Waals surface area contributed by atoms with E-state index in [4.69, 9.17) is 0 Å². The molecular weight excluding hydrogens is 402 g/mol. The zero-order valence-corrected chi connectivity index (χ0v) is 18.5. The minimum absolute atomic E-state index is 0.155. The number of carbonyl (C=O) groups excluding carboxylic acids is 3. The molecule has 0 aromatic heterocycles. The fourth-order valence-corrected chi connectivity index (χ4v) is 4.87. The molecule has 1 saturated heterocycles. The van der Waals surface area contributed by atoms with Crippen LogP contribution >= 0.6 is 0 Å². The molecule has 1 aliphatic carbocycles. The molecule has 168 valence electrons. The molecule has 4 rings (SSSR count). The quantitative estimate of drug-likeness (QED) is 0.652. The van der Waals surface area contributed by atoms with E-state index in [2.05, 4.69) is 41.8 Å². The van der Waals surface area contributed by atoms with Crippen molar-refractivity contribution >= 4 is 17.8 Å². The van der Waals surface area contributed by atoms with Gasteiger partial charge < -0.3 is 10.6 Å². The summed E-state index contributed by atoms with van der Waals surface area (Å²) >= 11 is 0. The van der Waals surface area contributed by atoms with Crippen molar-refractivity contribution in [3.63, 3.8) is 0 Å². The van der Waals surface area contributed by atoms with Crippen LogP contribution in [0.5, 0.6) is 0 Å². The van der Waals surface area contributed by atoms with E-state index in [1.54, 1.807) is 0 Å². The van der Waals surface area contributed by atoms with Crippen LogP contribution in [0.4, 0.5) is 4.79 Å². The summed E-state index contributed by atoms with van der Waals surface area (Å²) < 4.78 is 0. The molecule has 0 radical (unpaired) electrons. The van der Waals surface area contributed by atoms with Crippen LogP contribution in [0.2, 0.25) is 0 Å². The zero-order valence-electron chi connectivity index (χ0n) is 18.5. The maximum Gasteiger partial charge on any atom is 0.325 e. The Balaban J connectivity index is 1.34. The summed E-state index contributed by atoms with van der Waals surface area (Å²) in [5.74, 6) is 0.150. The van der Waals surface area contributed by atoms with Gasteiger partial charge in [0.2, 0.25) is 5.91 Å². The standard InChI is InChI=1S/C26H31N3O3/c1-19-12-15-26(16-13-19)24(31)29(25(32)28-26)18-23(30)27-17-14-22(20-8-4-2-5-9-20)21-10-6-3-7-11-21/h2-11,19,22H,12-18H2,1H3,(H,27,30)(H,28,32). The van der Waals surface area contributed by atoms with Crippen LogP contribution in [0.1, 0.15) is 56.1 Å². The molecule has 2 aromatic rings. The van der Waals surface area contributed by atoms with E-state index in [-0.39, 0.29) is 24.3 Å². The van der Waals surface area contributed by atoms with Crippen LogP contribution in [-0.2, 0) is 9.59 Å². The van der Waals surface area contributed by atoms with Gasteiger partial charge in [0.15, 0.2) is 0 Å². The minimum Gasteiger partial charge on any atom is -0.355 e. The van der Waals surface area contributed by atoms with Crippen molar-refractivity contribution in [3.05, 3.63) is 71.8 Å². The monoisotopic (exact) mass is 433 g/mol. The Hall–Kier alpha value is -3.15. The maximum absolute atomic E-state index is 12.9. The molecule has 6 nitrogen and oxygen atoms in total. The van der Waals surface area contributed by atoms with E-state index in [1.165, 1.54) is 11.1 Å². The van der Waals surface area contributed by atoms with Gasteiger partial charge in [0.1, 0.15) is 12.1 Å². The summed E-state index contributed by atoms with van der Waals surface area (Å²) in [5.41, 5.74) is 1.57. The largest absolute Gasteiger partial charge is 0.355 e. The molecule has 1 heterocycles. The van der Waals surface area contributed by atoms with Gasteiger partial charge in [-0.05, 0) is 49.1 Å². The van der Waals surface area contributed by atoms with Crippen molar-refractivity contribution in [2.24, 2.45) is 5.92 Å². The molecule has 1 aliphatic heterocycles. The molecule has 6 heteroatoms. The molecule has 2 fully saturated rings.